The van der Waals surface area contributed by atoms with Crippen LogP contribution in [-0.2, 0) is 0 Å². The maximum atomic E-state index is 11.3. The zero-order valence-corrected chi connectivity index (χ0v) is 12.8. The summed E-state index contributed by atoms with van der Waals surface area (Å²) in [6, 6.07) is 5.02. The first kappa shape index (κ1) is 15.0. The van der Waals surface area contributed by atoms with Crippen molar-refractivity contribution in [2.75, 3.05) is 25.2 Å². The smallest absolute Gasteiger partial charge is 0.337 e. The molecule has 0 amide bonds. The molecule has 4 nitrogen and oxygen atoms in total. The predicted molar refractivity (Wildman–Crippen MR) is 83.2 cm³/mol. The molecule has 0 aliphatic heterocycles. The van der Waals surface area contributed by atoms with E-state index in [1.807, 2.05) is 11.8 Å². The fraction of sp³-hybridized carbons (Fsp3) is 0.533. The van der Waals surface area contributed by atoms with Gasteiger partial charge >= 0.3 is 5.97 Å². The van der Waals surface area contributed by atoms with Crippen LogP contribution in [0.5, 0.6) is 5.75 Å². The van der Waals surface area contributed by atoms with E-state index in [2.05, 4.69) is 11.6 Å². The van der Waals surface area contributed by atoms with Crippen LogP contribution in [0.4, 0.5) is 5.69 Å². The molecule has 0 heterocycles. The average Bonchev–Trinajstić information content (AvgIpc) is 2.94. The highest BCUT2D eigenvalue weighted by Crippen LogP contribution is 2.40. The molecule has 1 aliphatic rings. The van der Waals surface area contributed by atoms with Crippen LogP contribution in [0, 0.1) is 0 Å². The molecule has 0 saturated heterocycles. The number of rotatable bonds is 6. The quantitative estimate of drug-likeness (QED) is 0.841. The van der Waals surface area contributed by atoms with E-state index in [4.69, 9.17) is 4.74 Å². The number of aromatic carboxylic acids is 1. The van der Waals surface area contributed by atoms with Crippen molar-refractivity contribution in [3.63, 3.8) is 0 Å². The molecule has 0 aromatic heterocycles. The number of thioether (sulfide) groups is 1. The lowest BCUT2D eigenvalue weighted by molar-refractivity contribution is 0.0698. The van der Waals surface area contributed by atoms with E-state index in [1.54, 1.807) is 25.3 Å². The van der Waals surface area contributed by atoms with E-state index in [-0.39, 0.29) is 4.75 Å². The van der Waals surface area contributed by atoms with E-state index in [1.165, 1.54) is 25.7 Å². The molecule has 1 aliphatic carbocycles. The van der Waals surface area contributed by atoms with Crippen molar-refractivity contribution in [2.24, 2.45) is 0 Å². The van der Waals surface area contributed by atoms with Gasteiger partial charge in [0.15, 0.2) is 0 Å². The van der Waals surface area contributed by atoms with Gasteiger partial charge in [-0.15, -0.1) is 0 Å². The average molecular weight is 295 g/mol. The lowest BCUT2D eigenvalue weighted by Crippen LogP contribution is -2.30. The van der Waals surface area contributed by atoms with Crippen molar-refractivity contribution in [3.05, 3.63) is 23.8 Å². The standard InChI is InChI=1S/C15H21NO3S/c1-19-11-5-6-12(14(17)18)13(9-11)16-10-15(20-2)7-3-4-8-15/h5-6,9,16H,3-4,7-8,10H2,1-2H3,(H,17,18). The van der Waals surface area contributed by atoms with Crippen LogP contribution >= 0.6 is 11.8 Å². The molecule has 1 aromatic rings. The van der Waals surface area contributed by atoms with Gasteiger partial charge in [-0.3, -0.25) is 0 Å². The second-order valence-electron chi connectivity index (χ2n) is 5.16. The molecular weight excluding hydrogens is 274 g/mol. The van der Waals surface area contributed by atoms with Crippen LogP contribution in [0.1, 0.15) is 36.0 Å². The Labute approximate surface area is 123 Å². The molecule has 2 N–H and O–H groups in total. The summed E-state index contributed by atoms with van der Waals surface area (Å²) in [6.07, 6.45) is 7.02. The Morgan fingerprint density at radius 1 is 1.45 bits per heavy atom. The molecular formula is C15H21NO3S. The zero-order chi connectivity index (χ0) is 14.6. The number of carbonyl (C=O) groups is 1. The monoisotopic (exact) mass is 295 g/mol. The third-order valence-electron chi connectivity index (χ3n) is 4.01. The second-order valence-corrected chi connectivity index (χ2v) is 6.44. The molecule has 0 bridgehead atoms. The van der Waals surface area contributed by atoms with Crippen LogP contribution in [0.2, 0.25) is 0 Å². The molecule has 1 saturated carbocycles. The molecule has 1 aromatic carbocycles. The van der Waals surface area contributed by atoms with Crippen LogP contribution in [0.15, 0.2) is 18.2 Å². The van der Waals surface area contributed by atoms with E-state index in [0.717, 1.165) is 6.54 Å². The van der Waals surface area contributed by atoms with Crippen molar-refractivity contribution >= 4 is 23.4 Å². The van der Waals surface area contributed by atoms with E-state index in [0.29, 0.717) is 17.0 Å². The number of hydrogen-bond donors (Lipinski definition) is 2. The fourth-order valence-electron chi connectivity index (χ4n) is 2.71. The van der Waals surface area contributed by atoms with Gasteiger partial charge < -0.3 is 15.2 Å². The lowest BCUT2D eigenvalue weighted by Gasteiger charge is -2.28. The fourth-order valence-corrected chi connectivity index (χ4v) is 3.63. The molecule has 1 fully saturated rings. The number of carboxylic acid groups (broad SMARTS) is 1. The van der Waals surface area contributed by atoms with Crippen molar-refractivity contribution in [2.45, 2.75) is 30.4 Å². The first-order valence-corrected chi connectivity index (χ1v) is 8.03. The minimum absolute atomic E-state index is 0.235. The number of anilines is 1. The van der Waals surface area contributed by atoms with Gasteiger partial charge in [-0.25, -0.2) is 4.79 Å². The number of hydrogen-bond acceptors (Lipinski definition) is 4. The SMILES string of the molecule is COc1ccc(C(=O)O)c(NCC2(SC)CCCC2)c1. The van der Waals surface area contributed by atoms with Crippen molar-refractivity contribution in [1.29, 1.82) is 0 Å². The number of ether oxygens (including phenoxy) is 1. The Morgan fingerprint density at radius 2 is 2.15 bits per heavy atom. The maximum Gasteiger partial charge on any atom is 0.337 e. The summed E-state index contributed by atoms with van der Waals surface area (Å²) >= 11 is 1.88. The topological polar surface area (TPSA) is 58.6 Å². The number of nitrogens with one attached hydrogen (secondary N) is 1. The lowest BCUT2D eigenvalue weighted by atomic mass is 10.1. The summed E-state index contributed by atoms with van der Waals surface area (Å²) in [5, 5.41) is 12.6. The Hall–Kier alpha value is -1.36. The van der Waals surface area contributed by atoms with Gasteiger partial charge in [0.2, 0.25) is 0 Å². The van der Waals surface area contributed by atoms with E-state index >= 15 is 0 Å². The van der Waals surface area contributed by atoms with Gasteiger partial charge in [0.1, 0.15) is 5.75 Å². The third-order valence-corrected chi connectivity index (χ3v) is 5.42. The highest BCUT2D eigenvalue weighted by Gasteiger charge is 2.32. The minimum atomic E-state index is -0.917. The largest absolute Gasteiger partial charge is 0.497 e. The number of methoxy groups -OCH3 is 1. The predicted octanol–water partition coefficient (Wildman–Crippen LogP) is 3.48. The summed E-state index contributed by atoms with van der Waals surface area (Å²) in [5.74, 6) is -0.248. The summed E-state index contributed by atoms with van der Waals surface area (Å²) in [6.45, 7) is 0.793. The first-order valence-electron chi connectivity index (χ1n) is 6.80. The maximum absolute atomic E-state index is 11.3. The summed E-state index contributed by atoms with van der Waals surface area (Å²) in [4.78, 5) is 11.3. The second kappa shape index (κ2) is 6.39. The third kappa shape index (κ3) is 3.20. The Bertz CT molecular complexity index is 484. The number of benzene rings is 1. The van der Waals surface area contributed by atoms with Crippen LogP contribution in [0.25, 0.3) is 0 Å². The molecule has 0 spiro atoms. The van der Waals surface area contributed by atoms with E-state index in [9.17, 15) is 9.90 Å². The Balaban J connectivity index is 2.16. The molecule has 20 heavy (non-hydrogen) atoms. The molecule has 110 valence electrons. The number of carboxylic acids is 1. The van der Waals surface area contributed by atoms with Gasteiger partial charge in [0, 0.05) is 17.4 Å². The van der Waals surface area contributed by atoms with Crippen LogP contribution in [0.3, 0.4) is 0 Å². The Morgan fingerprint density at radius 3 is 2.70 bits per heavy atom. The van der Waals surface area contributed by atoms with E-state index < -0.39 is 5.97 Å². The van der Waals surface area contributed by atoms with Gasteiger partial charge in [0.25, 0.3) is 0 Å². The molecule has 5 heteroatoms. The first-order chi connectivity index (χ1) is 9.60. The Kier molecular flexibility index (Phi) is 4.81. The molecule has 0 radical (unpaired) electrons. The normalized spacial score (nSPS) is 16.9. The van der Waals surface area contributed by atoms with Crippen molar-refractivity contribution in [1.82, 2.24) is 0 Å². The van der Waals surface area contributed by atoms with Crippen LogP contribution in [-0.4, -0.2) is 35.7 Å². The van der Waals surface area contributed by atoms with Crippen molar-refractivity contribution < 1.29 is 14.6 Å². The highest BCUT2D eigenvalue weighted by atomic mass is 32.2. The van der Waals surface area contributed by atoms with Gasteiger partial charge in [0.05, 0.1) is 18.4 Å². The van der Waals surface area contributed by atoms with Gasteiger partial charge in [-0.2, -0.15) is 11.8 Å². The van der Waals surface area contributed by atoms with Gasteiger partial charge in [-0.1, -0.05) is 12.8 Å². The summed E-state index contributed by atoms with van der Waals surface area (Å²) < 4.78 is 5.41. The molecule has 0 atom stereocenters. The summed E-state index contributed by atoms with van der Waals surface area (Å²) in [7, 11) is 1.58. The van der Waals surface area contributed by atoms with Crippen LogP contribution < -0.4 is 10.1 Å². The highest BCUT2D eigenvalue weighted by molar-refractivity contribution is 8.00. The summed E-state index contributed by atoms with van der Waals surface area (Å²) in [5.41, 5.74) is 0.928. The zero-order valence-electron chi connectivity index (χ0n) is 11.9. The molecule has 0 unspecified atom stereocenters. The minimum Gasteiger partial charge on any atom is -0.497 e. The van der Waals surface area contributed by atoms with Crippen molar-refractivity contribution in [3.8, 4) is 5.75 Å². The molecule has 2 rings (SSSR count). The van der Waals surface area contributed by atoms with Gasteiger partial charge in [-0.05, 0) is 31.2 Å².